The molecule has 0 aliphatic rings. The van der Waals surface area contributed by atoms with Crippen molar-refractivity contribution in [2.24, 2.45) is 5.41 Å². The lowest BCUT2D eigenvalue weighted by molar-refractivity contribution is 0.236. The highest BCUT2D eigenvalue weighted by atomic mass is 16.2. The molecule has 2 N–H and O–H groups in total. The third-order valence-electron chi connectivity index (χ3n) is 3.58. The van der Waals surface area contributed by atoms with Crippen LogP contribution < -0.4 is 5.32 Å². The molecule has 2 rings (SSSR count). The maximum absolute atomic E-state index is 8.90. The zero-order chi connectivity index (χ0) is 14.4. The molecule has 1 aromatic heterocycles. The van der Waals surface area contributed by atoms with E-state index in [2.05, 4.69) is 42.3 Å². The van der Waals surface area contributed by atoms with E-state index >= 15 is 0 Å². The summed E-state index contributed by atoms with van der Waals surface area (Å²) in [5.41, 5.74) is 2.33. The summed E-state index contributed by atoms with van der Waals surface area (Å²) in [7, 11) is 0. The van der Waals surface area contributed by atoms with Crippen molar-refractivity contribution in [3.05, 3.63) is 42.1 Å². The number of fused-ring (bicyclic) bond motifs is 1. The lowest BCUT2D eigenvalue weighted by Gasteiger charge is -2.24. The zero-order valence-corrected chi connectivity index (χ0v) is 12.4. The number of benzene rings is 1. The van der Waals surface area contributed by atoms with Crippen molar-refractivity contribution in [1.29, 1.82) is 0 Å². The number of hydrogen-bond donors (Lipinski definition) is 2. The van der Waals surface area contributed by atoms with Gasteiger partial charge in [-0.05, 0) is 30.4 Å². The molecule has 0 spiro atoms. The third-order valence-corrected chi connectivity index (χ3v) is 3.58. The molecule has 0 atom stereocenters. The number of rotatable bonds is 7. The van der Waals surface area contributed by atoms with E-state index in [9.17, 15) is 0 Å². The molecule has 0 bridgehead atoms. The molecule has 2 aromatic rings. The summed E-state index contributed by atoms with van der Waals surface area (Å²) < 4.78 is 0. The van der Waals surface area contributed by atoms with Gasteiger partial charge in [-0.25, -0.2) is 0 Å². The molecule has 3 nitrogen and oxygen atoms in total. The second kappa shape index (κ2) is 6.82. The maximum Gasteiger partial charge on any atom is 0.0705 e. The lowest BCUT2D eigenvalue weighted by atomic mass is 9.88. The Morgan fingerprint density at radius 1 is 1.15 bits per heavy atom. The van der Waals surface area contributed by atoms with Crippen LogP contribution in [0.2, 0.25) is 0 Å². The molecule has 1 heterocycles. The molecule has 0 aliphatic carbocycles. The van der Waals surface area contributed by atoms with Crippen LogP contribution in [-0.4, -0.2) is 23.2 Å². The monoisotopic (exact) mass is 272 g/mol. The predicted octanol–water partition coefficient (Wildman–Crippen LogP) is 3.12. The molecule has 1 aromatic carbocycles. The molecule has 0 fully saturated rings. The highest BCUT2D eigenvalue weighted by molar-refractivity contribution is 5.78. The normalized spacial score (nSPS) is 11.9. The number of hydrogen-bond acceptors (Lipinski definition) is 3. The Bertz CT molecular complexity index is 551. The van der Waals surface area contributed by atoms with Gasteiger partial charge in [-0.3, -0.25) is 4.98 Å². The molecule has 0 aliphatic heterocycles. The van der Waals surface area contributed by atoms with Gasteiger partial charge in [0.2, 0.25) is 0 Å². The highest BCUT2D eigenvalue weighted by Gasteiger charge is 2.16. The minimum atomic E-state index is 0.208. The Labute approximate surface area is 121 Å². The summed E-state index contributed by atoms with van der Waals surface area (Å²) in [6.07, 6.45) is 1.89. The Balaban J connectivity index is 1.89. The fourth-order valence-electron chi connectivity index (χ4n) is 2.38. The van der Waals surface area contributed by atoms with Crippen LogP contribution >= 0.6 is 0 Å². The van der Waals surface area contributed by atoms with Crippen molar-refractivity contribution in [2.45, 2.75) is 33.2 Å². The van der Waals surface area contributed by atoms with Crippen LogP contribution in [0, 0.1) is 5.41 Å². The second-order valence-corrected chi connectivity index (χ2v) is 6.09. The van der Waals surface area contributed by atoms with Crippen molar-refractivity contribution in [2.75, 3.05) is 13.2 Å². The summed E-state index contributed by atoms with van der Waals surface area (Å²) in [6.45, 7) is 6.44. The topological polar surface area (TPSA) is 45.1 Å². The first-order valence-electron chi connectivity index (χ1n) is 7.27. The van der Waals surface area contributed by atoms with E-state index in [1.54, 1.807) is 0 Å². The molecule has 0 amide bonds. The number of para-hydroxylation sites is 1. The average molecular weight is 272 g/mol. The molecule has 20 heavy (non-hydrogen) atoms. The summed E-state index contributed by atoms with van der Waals surface area (Å²) in [4.78, 5) is 4.65. The van der Waals surface area contributed by atoms with Gasteiger partial charge in [0.25, 0.3) is 0 Å². The van der Waals surface area contributed by atoms with Gasteiger partial charge in [0.05, 0.1) is 11.2 Å². The third kappa shape index (κ3) is 4.29. The van der Waals surface area contributed by atoms with Crippen LogP contribution in [0.4, 0.5) is 0 Å². The van der Waals surface area contributed by atoms with Crippen LogP contribution in [-0.2, 0) is 6.54 Å². The number of aliphatic hydroxyl groups excluding tert-OH is 1. The van der Waals surface area contributed by atoms with Crippen LogP contribution in [0.25, 0.3) is 10.9 Å². The van der Waals surface area contributed by atoms with Crippen molar-refractivity contribution in [3.8, 4) is 0 Å². The fraction of sp³-hybridized carbons (Fsp3) is 0.471. The Morgan fingerprint density at radius 2 is 1.95 bits per heavy atom. The maximum atomic E-state index is 8.90. The average Bonchev–Trinajstić information content (AvgIpc) is 2.45. The summed E-state index contributed by atoms with van der Waals surface area (Å²) in [5, 5.41) is 13.6. The molecule has 3 heteroatoms. The smallest absolute Gasteiger partial charge is 0.0705 e. The molecule has 0 saturated carbocycles. The largest absolute Gasteiger partial charge is 0.396 e. The molecule has 0 saturated heterocycles. The van der Waals surface area contributed by atoms with Gasteiger partial charge >= 0.3 is 0 Å². The molecular weight excluding hydrogens is 248 g/mol. The first kappa shape index (κ1) is 14.9. The number of nitrogens with one attached hydrogen (secondary N) is 1. The van der Waals surface area contributed by atoms with Crippen molar-refractivity contribution in [1.82, 2.24) is 10.3 Å². The van der Waals surface area contributed by atoms with Gasteiger partial charge in [-0.2, -0.15) is 0 Å². The van der Waals surface area contributed by atoms with E-state index in [0.29, 0.717) is 0 Å². The van der Waals surface area contributed by atoms with Gasteiger partial charge in [0, 0.05) is 25.1 Å². The van der Waals surface area contributed by atoms with E-state index in [4.69, 9.17) is 5.11 Å². The standard InChI is InChI=1S/C17H24N2O/c1-17(2,10-5-11-20)13-18-12-15-9-8-14-6-3-4-7-16(14)19-15/h3-4,6-9,18,20H,5,10-13H2,1-2H3. The van der Waals surface area contributed by atoms with E-state index in [1.165, 1.54) is 5.39 Å². The Morgan fingerprint density at radius 3 is 2.75 bits per heavy atom. The summed E-state index contributed by atoms with van der Waals surface area (Å²) in [5.74, 6) is 0. The minimum absolute atomic E-state index is 0.208. The molecular formula is C17H24N2O. The SMILES string of the molecule is CC(C)(CCCO)CNCc1ccc2ccccc2n1. The van der Waals surface area contributed by atoms with Crippen molar-refractivity contribution < 1.29 is 5.11 Å². The van der Waals surface area contributed by atoms with E-state index in [0.717, 1.165) is 37.1 Å². The predicted molar refractivity (Wildman–Crippen MR) is 83.6 cm³/mol. The number of pyridine rings is 1. The molecule has 0 unspecified atom stereocenters. The molecule has 108 valence electrons. The number of nitrogens with zero attached hydrogens (tertiary/aromatic N) is 1. The fourth-order valence-corrected chi connectivity index (χ4v) is 2.38. The Hall–Kier alpha value is -1.45. The van der Waals surface area contributed by atoms with E-state index in [1.807, 2.05) is 18.2 Å². The van der Waals surface area contributed by atoms with E-state index < -0.39 is 0 Å². The van der Waals surface area contributed by atoms with Crippen molar-refractivity contribution in [3.63, 3.8) is 0 Å². The van der Waals surface area contributed by atoms with Crippen LogP contribution in [0.3, 0.4) is 0 Å². The lowest BCUT2D eigenvalue weighted by Crippen LogP contribution is -2.29. The number of aliphatic hydroxyl groups is 1. The van der Waals surface area contributed by atoms with Gasteiger partial charge in [-0.15, -0.1) is 0 Å². The van der Waals surface area contributed by atoms with Gasteiger partial charge in [-0.1, -0.05) is 38.1 Å². The summed E-state index contributed by atoms with van der Waals surface area (Å²) in [6, 6.07) is 12.4. The first-order valence-corrected chi connectivity index (χ1v) is 7.27. The Kier molecular flexibility index (Phi) is 5.10. The highest BCUT2D eigenvalue weighted by Crippen LogP contribution is 2.21. The summed E-state index contributed by atoms with van der Waals surface area (Å²) >= 11 is 0. The quantitative estimate of drug-likeness (QED) is 0.814. The zero-order valence-electron chi connectivity index (χ0n) is 12.4. The van der Waals surface area contributed by atoms with E-state index in [-0.39, 0.29) is 12.0 Å². The minimum Gasteiger partial charge on any atom is -0.396 e. The van der Waals surface area contributed by atoms with Gasteiger partial charge in [0.1, 0.15) is 0 Å². The van der Waals surface area contributed by atoms with Crippen LogP contribution in [0.1, 0.15) is 32.4 Å². The van der Waals surface area contributed by atoms with Crippen molar-refractivity contribution >= 4 is 10.9 Å². The first-order chi connectivity index (χ1) is 9.61. The number of aromatic nitrogens is 1. The van der Waals surface area contributed by atoms with Crippen LogP contribution in [0.5, 0.6) is 0 Å². The van der Waals surface area contributed by atoms with Crippen LogP contribution in [0.15, 0.2) is 36.4 Å². The second-order valence-electron chi connectivity index (χ2n) is 6.09. The molecule has 0 radical (unpaired) electrons. The van der Waals surface area contributed by atoms with Gasteiger partial charge in [0.15, 0.2) is 0 Å². The van der Waals surface area contributed by atoms with Gasteiger partial charge < -0.3 is 10.4 Å².